The van der Waals surface area contributed by atoms with Crippen LogP contribution in [-0.4, -0.2) is 38.1 Å². The van der Waals surface area contributed by atoms with Crippen LogP contribution in [0, 0.1) is 0 Å². The molecule has 122 valence electrons. The average molecular weight is 324 g/mol. The van der Waals surface area contributed by atoms with Gasteiger partial charge in [-0.15, -0.1) is 0 Å². The van der Waals surface area contributed by atoms with Crippen molar-refractivity contribution in [1.82, 2.24) is 10.6 Å². The number of ether oxygens (including phenoxy) is 3. The van der Waals surface area contributed by atoms with E-state index in [0.717, 1.165) is 23.5 Å². The maximum atomic E-state index is 5.82. The third kappa shape index (κ3) is 4.48. The minimum atomic E-state index is 0.226. The Morgan fingerprint density at radius 2 is 2.23 bits per heavy atom. The first-order valence-corrected chi connectivity index (χ1v) is 8.00. The van der Waals surface area contributed by atoms with E-state index in [-0.39, 0.29) is 6.10 Å². The predicted octanol–water partition coefficient (Wildman–Crippen LogP) is 2.02. The van der Waals surface area contributed by atoms with Crippen molar-refractivity contribution >= 4 is 17.3 Å². The van der Waals surface area contributed by atoms with E-state index < -0.39 is 0 Å². The molecule has 0 unspecified atom stereocenters. The van der Waals surface area contributed by atoms with Crippen LogP contribution in [0.5, 0.6) is 11.5 Å². The zero-order valence-electron chi connectivity index (χ0n) is 13.4. The second kappa shape index (κ2) is 8.19. The molecule has 0 radical (unpaired) electrons. The van der Waals surface area contributed by atoms with Crippen LogP contribution in [0.2, 0.25) is 0 Å². The third-order valence-corrected chi connectivity index (χ3v) is 3.70. The lowest BCUT2D eigenvalue weighted by atomic mass is 10.1. The standard InChI is InChI=1S/C16H24N2O3S/c1-4-20-14-8-12-7-11(2)21-15(12)9-13(14)10-18-16(22)17-5-6-19-3/h8-9,11H,4-7,10H2,1-3H3,(H2,17,18,22)/t11-/m1/s1. The smallest absolute Gasteiger partial charge is 0.166 e. The maximum Gasteiger partial charge on any atom is 0.166 e. The number of fused-ring (bicyclic) bond motifs is 1. The number of benzene rings is 1. The summed E-state index contributed by atoms with van der Waals surface area (Å²) in [6.45, 7) is 6.60. The fourth-order valence-corrected chi connectivity index (χ4v) is 2.59. The molecular weight excluding hydrogens is 300 g/mol. The van der Waals surface area contributed by atoms with Gasteiger partial charge in [0.15, 0.2) is 5.11 Å². The molecule has 0 fully saturated rings. The molecule has 0 aromatic heterocycles. The summed E-state index contributed by atoms with van der Waals surface area (Å²) in [6, 6.07) is 4.13. The highest BCUT2D eigenvalue weighted by atomic mass is 32.1. The van der Waals surface area contributed by atoms with Crippen LogP contribution in [0.25, 0.3) is 0 Å². The summed E-state index contributed by atoms with van der Waals surface area (Å²) in [6.07, 6.45) is 1.16. The molecule has 6 heteroatoms. The van der Waals surface area contributed by atoms with Gasteiger partial charge in [-0.2, -0.15) is 0 Å². The van der Waals surface area contributed by atoms with Crippen LogP contribution in [-0.2, 0) is 17.7 Å². The third-order valence-electron chi connectivity index (χ3n) is 3.41. The number of hydrogen-bond donors (Lipinski definition) is 2. The number of hydrogen-bond acceptors (Lipinski definition) is 4. The summed E-state index contributed by atoms with van der Waals surface area (Å²) in [4.78, 5) is 0. The highest BCUT2D eigenvalue weighted by Gasteiger charge is 2.21. The normalized spacial score (nSPS) is 15.9. The molecule has 0 spiro atoms. The van der Waals surface area contributed by atoms with Crippen molar-refractivity contribution in [1.29, 1.82) is 0 Å². The lowest BCUT2D eigenvalue weighted by Gasteiger charge is -2.15. The van der Waals surface area contributed by atoms with Crippen LogP contribution in [0.3, 0.4) is 0 Å². The van der Waals surface area contributed by atoms with Gasteiger partial charge in [0.2, 0.25) is 0 Å². The largest absolute Gasteiger partial charge is 0.494 e. The first kappa shape index (κ1) is 16.8. The zero-order valence-corrected chi connectivity index (χ0v) is 14.2. The van der Waals surface area contributed by atoms with Crippen LogP contribution >= 0.6 is 12.2 Å². The van der Waals surface area contributed by atoms with Gasteiger partial charge in [0.05, 0.1) is 13.2 Å². The number of rotatable bonds is 7. The van der Waals surface area contributed by atoms with Gasteiger partial charge in [0, 0.05) is 37.7 Å². The van der Waals surface area contributed by atoms with Crippen molar-refractivity contribution in [3.8, 4) is 11.5 Å². The molecule has 2 N–H and O–H groups in total. The summed E-state index contributed by atoms with van der Waals surface area (Å²) >= 11 is 5.24. The van der Waals surface area contributed by atoms with Crippen LogP contribution in [0.15, 0.2) is 12.1 Å². The molecule has 0 amide bonds. The van der Waals surface area contributed by atoms with Crippen LogP contribution < -0.4 is 20.1 Å². The molecule has 0 saturated heterocycles. The van der Waals surface area contributed by atoms with Crippen LogP contribution in [0.4, 0.5) is 0 Å². The second-order valence-corrected chi connectivity index (χ2v) is 5.64. The zero-order chi connectivity index (χ0) is 15.9. The Kier molecular flexibility index (Phi) is 6.27. The van der Waals surface area contributed by atoms with Gasteiger partial charge in [-0.1, -0.05) is 0 Å². The lowest BCUT2D eigenvalue weighted by Crippen LogP contribution is -2.36. The molecular formula is C16H24N2O3S. The van der Waals surface area contributed by atoms with E-state index in [9.17, 15) is 0 Å². The van der Waals surface area contributed by atoms with Crippen molar-refractivity contribution in [3.05, 3.63) is 23.3 Å². The van der Waals surface area contributed by atoms with Gasteiger partial charge >= 0.3 is 0 Å². The van der Waals surface area contributed by atoms with Gasteiger partial charge in [0.25, 0.3) is 0 Å². The highest BCUT2D eigenvalue weighted by molar-refractivity contribution is 7.80. The van der Waals surface area contributed by atoms with Crippen molar-refractivity contribution in [3.63, 3.8) is 0 Å². The van der Waals surface area contributed by atoms with Gasteiger partial charge in [-0.05, 0) is 38.2 Å². The summed E-state index contributed by atoms with van der Waals surface area (Å²) in [5, 5.41) is 6.88. The molecule has 1 atom stereocenters. The number of thiocarbonyl (C=S) groups is 1. The highest BCUT2D eigenvalue weighted by Crippen LogP contribution is 2.35. The fourth-order valence-electron chi connectivity index (χ4n) is 2.41. The van der Waals surface area contributed by atoms with E-state index in [1.807, 2.05) is 6.92 Å². The first-order chi connectivity index (χ1) is 10.6. The summed E-state index contributed by atoms with van der Waals surface area (Å²) in [5.74, 6) is 1.84. The first-order valence-electron chi connectivity index (χ1n) is 7.60. The molecule has 1 aliphatic rings. The molecule has 1 aromatic carbocycles. The van der Waals surface area contributed by atoms with E-state index in [1.54, 1.807) is 7.11 Å². The van der Waals surface area contributed by atoms with Crippen molar-refractivity contribution < 1.29 is 14.2 Å². The van der Waals surface area contributed by atoms with Gasteiger partial charge in [0.1, 0.15) is 17.6 Å². The van der Waals surface area contributed by atoms with E-state index >= 15 is 0 Å². The maximum absolute atomic E-state index is 5.82. The fraction of sp³-hybridized carbons (Fsp3) is 0.562. The minimum Gasteiger partial charge on any atom is -0.494 e. The molecule has 1 aromatic rings. The van der Waals surface area contributed by atoms with Gasteiger partial charge < -0.3 is 24.8 Å². The second-order valence-electron chi connectivity index (χ2n) is 5.24. The van der Waals surface area contributed by atoms with Crippen molar-refractivity contribution in [2.24, 2.45) is 0 Å². The van der Waals surface area contributed by atoms with Crippen molar-refractivity contribution in [2.75, 3.05) is 26.9 Å². The Hall–Kier alpha value is -1.53. The van der Waals surface area contributed by atoms with E-state index in [1.165, 1.54) is 5.56 Å². The van der Waals surface area contributed by atoms with E-state index in [2.05, 4.69) is 29.7 Å². The molecule has 0 bridgehead atoms. The Bertz CT molecular complexity index is 522. The SMILES string of the molecule is CCOc1cc2c(cc1CNC(=S)NCCOC)O[C@H](C)C2. The van der Waals surface area contributed by atoms with Crippen LogP contribution in [0.1, 0.15) is 25.0 Å². The Balaban J connectivity index is 2.00. The lowest BCUT2D eigenvalue weighted by molar-refractivity contribution is 0.204. The minimum absolute atomic E-state index is 0.226. The molecule has 22 heavy (non-hydrogen) atoms. The Morgan fingerprint density at radius 1 is 1.41 bits per heavy atom. The van der Waals surface area contributed by atoms with E-state index in [0.29, 0.717) is 31.4 Å². The monoisotopic (exact) mass is 324 g/mol. The van der Waals surface area contributed by atoms with Gasteiger partial charge in [-0.3, -0.25) is 0 Å². The summed E-state index contributed by atoms with van der Waals surface area (Å²) < 4.78 is 16.5. The number of methoxy groups -OCH3 is 1. The predicted molar refractivity (Wildman–Crippen MR) is 90.7 cm³/mol. The van der Waals surface area contributed by atoms with Crippen molar-refractivity contribution in [2.45, 2.75) is 32.9 Å². The quantitative estimate of drug-likeness (QED) is 0.591. The molecule has 0 aliphatic carbocycles. The van der Waals surface area contributed by atoms with Gasteiger partial charge in [-0.25, -0.2) is 0 Å². The molecule has 0 saturated carbocycles. The number of nitrogens with one attached hydrogen (secondary N) is 2. The average Bonchev–Trinajstić information content (AvgIpc) is 2.84. The molecule has 5 nitrogen and oxygen atoms in total. The molecule has 1 heterocycles. The Morgan fingerprint density at radius 3 is 2.95 bits per heavy atom. The Labute approximate surface area is 137 Å². The molecule has 1 aliphatic heterocycles. The summed E-state index contributed by atoms with van der Waals surface area (Å²) in [5.41, 5.74) is 2.26. The topological polar surface area (TPSA) is 51.8 Å². The van der Waals surface area contributed by atoms with E-state index in [4.69, 9.17) is 26.4 Å². The molecule has 2 rings (SSSR count). The summed E-state index contributed by atoms with van der Waals surface area (Å²) in [7, 11) is 1.66.